The van der Waals surface area contributed by atoms with E-state index in [9.17, 15) is 8.78 Å². The topological polar surface area (TPSA) is 35.8 Å². The maximum Gasteiger partial charge on any atom is 0.150 e. The molecule has 0 fully saturated rings. The smallest absolute Gasteiger partial charge is 0.150 e. The molecule has 2 rings (SSSR count). The average molecular weight is 391 g/mol. The Labute approximate surface area is 127 Å². The maximum atomic E-state index is 13.7. The number of benzene rings is 2. The van der Waals surface area contributed by atoms with E-state index in [2.05, 4.69) is 27.9 Å². The third-order valence-electron chi connectivity index (χ3n) is 2.36. The summed E-state index contributed by atoms with van der Waals surface area (Å²) >= 11 is 8.06. The van der Waals surface area contributed by atoms with Gasteiger partial charge in [0.25, 0.3) is 0 Å². The first kappa shape index (κ1) is 14.0. The quantitative estimate of drug-likeness (QED) is 0.745. The molecule has 0 aliphatic carbocycles. The van der Waals surface area contributed by atoms with Gasteiger partial charge in [-0.1, -0.05) is 11.6 Å². The van der Waals surface area contributed by atoms with Gasteiger partial charge in [-0.3, -0.25) is 0 Å². The molecule has 0 aliphatic rings. The van der Waals surface area contributed by atoms with Crippen LogP contribution >= 0.6 is 34.2 Å². The van der Waals surface area contributed by atoms with Crippen molar-refractivity contribution in [3.63, 3.8) is 0 Å². The minimum Gasteiger partial charge on any atom is -0.350 e. The van der Waals surface area contributed by atoms with Crippen LogP contribution in [-0.2, 0) is 0 Å². The van der Waals surface area contributed by atoms with Crippen LogP contribution in [-0.4, -0.2) is 0 Å². The predicted molar refractivity (Wildman–Crippen MR) is 78.5 cm³/mol. The van der Waals surface area contributed by atoms with Gasteiger partial charge in [0.1, 0.15) is 5.69 Å². The van der Waals surface area contributed by atoms with Crippen molar-refractivity contribution in [3.8, 4) is 6.07 Å². The van der Waals surface area contributed by atoms with Crippen LogP contribution in [0.25, 0.3) is 0 Å². The van der Waals surface area contributed by atoms with E-state index < -0.39 is 11.6 Å². The van der Waals surface area contributed by atoms with Gasteiger partial charge in [0.2, 0.25) is 0 Å². The van der Waals surface area contributed by atoms with Crippen molar-refractivity contribution in [1.82, 2.24) is 0 Å². The van der Waals surface area contributed by atoms with Gasteiger partial charge in [-0.05, 0) is 52.9 Å². The highest BCUT2D eigenvalue weighted by atomic mass is 127. The van der Waals surface area contributed by atoms with Crippen molar-refractivity contribution < 1.29 is 8.78 Å². The third-order valence-corrected chi connectivity index (χ3v) is 3.35. The van der Waals surface area contributed by atoms with E-state index in [4.69, 9.17) is 16.9 Å². The van der Waals surface area contributed by atoms with Crippen molar-refractivity contribution in [2.45, 2.75) is 0 Å². The summed E-state index contributed by atoms with van der Waals surface area (Å²) in [5, 5.41) is 11.6. The van der Waals surface area contributed by atoms with Gasteiger partial charge >= 0.3 is 0 Å². The molecular formula is C13H6ClF2IN2. The summed E-state index contributed by atoms with van der Waals surface area (Å²) < 4.78 is 28.3. The predicted octanol–water partition coefficient (Wildman–Crippen LogP) is 4.84. The van der Waals surface area contributed by atoms with E-state index in [1.165, 1.54) is 0 Å². The maximum absolute atomic E-state index is 13.7. The number of rotatable bonds is 2. The molecule has 1 N–H and O–H groups in total. The first-order valence-electron chi connectivity index (χ1n) is 5.12. The Morgan fingerprint density at radius 1 is 1.16 bits per heavy atom. The van der Waals surface area contributed by atoms with E-state index in [1.807, 2.05) is 0 Å². The highest BCUT2D eigenvalue weighted by Crippen LogP contribution is 2.30. The van der Waals surface area contributed by atoms with Crippen molar-refractivity contribution >= 4 is 45.6 Å². The van der Waals surface area contributed by atoms with Crippen molar-refractivity contribution in [3.05, 3.63) is 56.1 Å². The molecule has 0 saturated carbocycles. The SMILES string of the molecule is N#Cc1cc(F)c(Nc2ccc(I)cc2Cl)c(F)c1. The molecule has 2 aromatic carbocycles. The van der Waals surface area contributed by atoms with E-state index in [0.29, 0.717) is 10.7 Å². The Bertz CT molecular complexity index is 660. The molecule has 0 aromatic heterocycles. The molecule has 0 radical (unpaired) electrons. The van der Waals surface area contributed by atoms with Crippen LogP contribution in [0, 0.1) is 26.5 Å². The second-order valence-electron chi connectivity index (χ2n) is 3.68. The van der Waals surface area contributed by atoms with Crippen LogP contribution in [0.15, 0.2) is 30.3 Å². The molecule has 6 heteroatoms. The van der Waals surface area contributed by atoms with Crippen LogP contribution < -0.4 is 5.32 Å². The van der Waals surface area contributed by atoms with E-state index >= 15 is 0 Å². The van der Waals surface area contributed by atoms with Gasteiger partial charge in [-0.25, -0.2) is 8.78 Å². The second kappa shape index (κ2) is 5.72. The molecule has 0 spiro atoms. The molecule has 0 unspecified atom stereocenters. The van der Waals surface area contributed by atoms with Crippen LogP contribution in [0.4, 0.5) is 20.2 Å². The van der Waals surface area contributed by atoms with Gasteiger partial charge in [0.05, 0.1) is 22.3 Å². The Hall–Kier alpha value is -1.39. The van der Waals surface area contributed by atoms with Crippen LogP contribution in [0.2, 0.25) is 5.02 Å². The van der Waals surface area contributed by atoms with Crippen LogP contribution in [0.1, 0.15) is 5.56 Å². The Balaban J connectivity index is 2.41. The van der Waals surface area contributed by atoms with E-state index in [1.54, 1.807) is 24.3 Å². The Morgan fingerprint density at radius 2 is 1.79 bits per heavy atom. The zero-order chi connectivity index (χ0) is 14.0. The first-order valence-corrected chi connectivity index (χ1v) is 6.58. The highest BCUT2D eigenvalue weighted by molar-refractivity contribution is 14.1. The van der Waals surface area contributed by atoms with E-state index in [-0.39, 0.29) is 11.3 Å². The first-order chi connectivity index (χ1) is 9.01. The largest absolute Gasteiger partial charge is 0.350 e. The standard InChI is InChI=1S/C13H6ClF2IN2/c14-9-5-8(17)1-2-12(9)19-13-10(15)3-7(6-18)4-11(13)16/h1-5,19H. The van der Waals surface area contributed by atoms with Crippen molar-refractivity contribution in [2.75, 3.05) is 5.32 Å². The molecule has 0 saturated heterocycles. The summed E-state index contributed by atoms with van der Waals surface area (Å²) in [6.07, 6.45) is 0. The molecule has 96 valence electrons. The summed E-state index contributed by atoms with van der Waals surface area (Å²) in [6, 6.07) is 8.67. The van der Waals surface area contributed by atoms with Gasteiger partial charge in [-0.2, -0.15) is 5.26 Å². The number of anilines is 2. The van der Waals surface area contributed by atoms with Gasteiger partial charge < -0.3 is 5.32 Å². The Kier molecular flexibility index (Phi) is 4.22. The van der Waals surface area contributed by atoms with E-state index in [0.717, 1.165) is 15.7 Å². The highest BCUT2D eigenvalue weighted by Gasteiger charge is 2.12. The summed E-state index contributed by atoms with van der Waals surface area (Å²) in [4.78, 5) is 0. The zero-order valence-electron chi connectivity index (χ0n) is 9.35. The second-order valence-corrected chi connectivity index (χ2v) is 5.33. The minimum absolute atomic E-state index is 0.0748. The summed E-state index contributed by atoms with van der Waals surface area (Å²) in [6.45, 7) is 0. The lowest BCUT2D eigenvalue weighted by atomic mass is 10.2. The number of nitriles is 1. The number of halogens is 4. The lowest BCUT2D eigenvalue weighted by Crippen LogP contribution is -1.99. The van der Waals surface area contributed by atoms with Gasteiger partial charge in [-0.15, -0.1) is 0 Å². The third kappa shape index (κ3) is 3.14. The average Bonchev–Trinajstić information content (AvgIpc) is 2.35. The molecule has 0 amide bonds. The normalized spacial score (nSPS) is 10.1. The number of hydrogen-bond acceptors (Lipinski definition) is 2. The van der Waals surface area contributed by atoms with Gasteiger partial charge in [0.15, 0.2) is 11.6 Å². The summed E-state index contributed by atoms with van der Waals surface area (Å²) in [5.74, 6) is -1.68. The number of nitrogens with zero attached hydrogens (tertiary/aromatic N) is 1. The molecular weight excluding hydrogens is 385 g/mol. The molecule has 0 atom stereocenters. The van der Waals surface area contributed by atoms with Crippen molar-refractivity contribution in [1.29, 1.82) is 5.26 Å². The molecule has 2 aromatic rings. The number of hydrogen-bond donors (Lipinski definition) is 1. The fourth-order valence-electron chi connectivity index (χ4n) is 1.48. The van der Waals surface area contributed by atoms with Crippen molar-refractivity contribution in [2.24, 2.45) is 0 Å². The molecule has 2 nitrogen and oxygen atoms in total. The minimum atomic E-state index is -0.842. The Morgan fingerprint density at radius 3 is 2.32 bits per heavy atom. The molecule has 0 aliphatic heterocycles. The molecule has 0 bridgehead atoms. The van der Waals surface area contributed by atoms with Crippen LogP contribution in [0.3, 0.4) is 0 Å². The lowest BCUT2D eigenvalue weighted by molar-refractivity contribution is 0.590. The molecule has 19 heavy (non-hydrogen) atoms. The monoisotopic (exact) mass is 390 g/mol. The lowest BCUT2D eigenvalue weighted by Gasteiger charge is -2.11. The molecule has 0 heterocycles. The van der Waals surface area contributed by atoms with Crippen LogP contribution in [0.5, 0.6) is 0 Å². The fourth-order valence-corrected chi connectivity index (χ4v) is 2.39. The fraction of sp³-hybridized carbons (Fsp3) is 0. The summed E-state index contributed by atoms with van der Waals surface area (Å²) in [7, 11) is 0. The zero-order valence-corrected chi connectivity index (χ0v) is 12.3. The summed E-state index contributed by atoms with van der Waals surface area (Å²) in [5.41, 5.74) is -0.0130. The van der Waals surface area contributed by atoms with Gasteiger partial charge in [0, 0.05) is 3.57 Å². The number of nitrogens with one attached hydrogen (secondary N) is 1.